The fourth-order valence-electron chi connectivity index (χ4n) is 5.60. The zero-order valence-electron chi connectivity index (χ0n) is 22.7. The normalized spacial score (nSPS) is 25.5. The Kier molecular flexibility index (Phi) is 7.43. The summed E-state index contributed by atoms with van der Waals surface area (Å²) in [6.45, 7) is 8.56. The Balaban J connectivity index is 2.04. The molecule has 1 aliphatic heterocycles. The maximum absolute atomic E-state index is 14.5. The number of esters is 1. The van der Waals surface area contributed by atoms with Crippen LogP contribution in [-0.4, -0.2) is 43.2 Å². The van der Waals surface area contributed by atoms with Crippen molar-refractivity contribution in [3.8, 4) is 5.75 Å². The summed E-state index contributed by atoms with van der Waals surface area (Å²) in [4.78, 5) is 27.6. The Morgan fingerprint density at radius 3 is 2.18 bits per heavy atom. The number of benzene rings is 2. The van der Waals surface area contributed by atoms with Crippen LogP contribution in [0.5, 0.6) is 5.75 Å². The number of carbonyl (C=O) groups excluding carboxylic acids is 2. The van der Waals surface area contributed by atoms with Crippen molar-refractivity contribution >= 4 is 21.8 Å². The molecule has 0 saturated carbocycles. The summed E-state index contributed by atoms with van der Waals surface area (Å²) in [5.74, 6) is -0.992. The van der Waals surface area contributed by atoms with Crippen molar-refractivity contribution in [2.45, 2.75) is 63.6 Å². The molecule has 0 amide bonds. The quantitative estimate of drug-likeness (QED) is 0.473. The molecule has 0 radical (unpaired) electrons. The van der Waals surface area contributed by atoms with E-state index in [9.17, 15) is 18.0 Å². The minimum atomic E-state index is -4.27. The summed E-state index contributed by atoms with van der Waals surface area (Å²) in [5.41, 5.74) is -0.681. The summed E-state index contributed by atoms with van der Waals surface area (Å²) in [5, 5.41) is 0. The maximum atomic E-state index is 14.5. The second kappa shape index (κ2) is 10.2. The van der Waals surface area contributed by atoms with E-state index in [1.54, 1.807) is 76.4 Å². The van der Waals surface area contributed by atoms with E-state index in [0.29, 0.717) is 17.7 Å². The van der Waals surface area contributed by atoms with Crippen molar-refractivity contribution in [1.82, 2.24) is 4.31 Å². The van der Waals surface area contributed by atoms with E-state index in [-0.39, 0.29) is 10.7 Å². The Labute approximate surface area is 225 Å². The highest BCUT2D eigenvalue weighted by molar-refractivity contribution is 7.89. The lowest BCUT2D eigenvalue weighted by Gasteiger charge is -2.36. The van der Waals surface area contributed by atoms with Crippen LogP contribution >= 0.6 is 0 Å². The monoisotopic (exact) mass is 537 g/mol. The molecule has 8 heteroatoms. The van der Waals surface area contributed by atoms with Gasteiger partial charge >= 0.3 is 5.97 Å². The Bertz CT molecular complexity index is 1370. The number of fused-ring (bicyclic) bond motifs is 1. The molecular weight excluding hydrogens is 502 g/mol. The van der Waals surface area contributed by atoms with Gasteiger partial charge in [-0.15, -0.1) is 0 Å². The molecule has 7 nitrogen and oxygen atoms in total. The van der Waals surface area contributed by atoms with E-state index >= 15 is 0 Å². The Morgan fingerprint density at radius 2 is 1.63 bits per heavy atom. The van der Waals surface area contributed by atoms with Gasteiger partial charge in [-0.2, -0.15) is 4.31 Å². The van der Waals surface area contributed by atoms with Gasteiger partial charge in [-0.05, 0) is 70.9 Å². The predicted molar refractivity (Wildman–Crippen MR) is 145 cm³/mol. The van der Waals surface area contributed by atoms with Crippen molar-refractivity contribution in [3.05, 3.63) is 84.0 Å². The minimum Gasteiger partial charge on any atom is -0.497 e. The van der Waals surface area contributed by atoms with Crippen molar-refractivity contribution in [2.75, 3.05) is 7.11 Å². The van der Waals surface area contributed by atoms with E-state index in [0.717, 1.165) is 5.56 Å². The summed E-state index contributed by atoms with van der Waals surface area (Å²) in [7, 11) is -2.72. The third kappa shape index (κ3) is 4.83. The van der Waals surface area contributed by atoms with Crippen molar-refractivity contribution in [2.24, 2.45) is 11.3 Å². The van der Waals surface area contributed by atoms with Crippen LogP contribution in [0.15, 0.2) is 77.7 Å². The van der Waals surface area contributed by atoms with Gasteiger partial charge in [-0.3, -0.25) is 9.59 Å². The maximum Gasteiger partial charge on any atom is 0.325 e. The third-order valence-electron chi connectivity index (χ3n) is 7.27. The van der Waals surface area contributed by atoms with Crippen LogP contribution in [0, 0.1) is 18.3 Å². The lowest BCUT2D eigenvalue weighted by Crippen LogP contribution is -2.46. The number of ether oxygens (including phenoxy) is 2. The molecule has 1 fully saturated rings. The van der Waals surface area contributed by atoms with Gasteiger partial charge in [-0.25, -0.2) is 8.42 Å². The average Bonchev–Trinajstić information content (AvgIpc) is 2.98. The van der Waals surface area contributed by atoms with E-state index < -0.39 is 45.0 Å². The summed E-state index contributed by atoms with van der Waals surface area (Å²) >= 11 is 0. The molecular formula is C30H35NO6S. The molecule has 2 aliphatic rings. The fraction of sp³-hybridized carbons (Fsp3) is 0.400. The molecule has 0 spiro atoms. The van der Waals surface area contributed by atoms with Gasteiger partial charge in [0.2, 0.25) is 10.0 Å². The molecule has 1 aliphatic carbocycles. The number of hydrogen-bond acceptors (Lipinski definition) is 6. The van der Waals surface area contributed by atoms with Crippen LogP contribution in [0.4, 0.5) is 0 Å². The molecule has 2 aromatic carbocycles. The average molecular weight is 538 g/mol. The molecule has 1 saturated heterocycles. The number of hydrogen-bond donors (Lipinski definition) is 0. The summed E-state index contributed by atoms with van der Waals surface area (Å²) in [6.07, 6.45) is 7.56. The van der Waals surface area contributed by atoms with Crippen LogP contribution in [0.25, 0.3) is 0 Å². The number of ketones is 1. The topological polar surface area (TPSA) is 90.0 Å². The highest BCUT2D eigenvalue weighted by atomic mass is 32.2. The predicted octanol–water partition coefficient (Wildman–Crippen LogP) is 5.17. The smallest absolute Gasteiger partial charge is 0.325 e. The number of rotatable bonds is 6. The zero-order valence-corrected chi connectivity index (χ0v) is 23.5. The largest absolute Gasteiger partial charge is 0.497 e. The molecule has 0 unspecified atom stereocenters. The van der Waals surface area contributed by atoms with Crippen molar-refractivity contribution in [3.63, 3.8) is 0 Å². The first-order valence-corrected chi connectivity index (χ1v) is 14.1. The second-order valence-electron chi connectivity index (χ2n) is 10.9. The highest BCUT2D eigenvalue weighted by Crippen LogP contribution is 2.59. The molecule has 4 atom stereocenters. The molecule has 2 aromatic rings. The molecule has 0 bridgehead atoms. The number of aryl methyl sites for hydroxylation is 1. The van der Waals surface area contributed by atoms with E-state index in [1.165, 1.54) is 23.4 Å². The van der Waals surface area contributed by atoms with E-state index in [4.69, 9.17) is 9.47 Å². The lowest BCUT2D eigenvalue weighted by molar-refractivity contribution is -0.160. The number of carbonyl (C=O) groups is 2. The molecule has 0 N–H and O–H groups in total. The minimum absolute atomic E-state index is 0.0462. The highest BCUT2D eigenvalue weighted by Gasteiger charge is 2.66. The molecule has 4 rings (SSSR count). The van der Waals surface area contributed by atoms with Gasteiger partial charge in [0, 0.05) is 5.92 Å². The standard InChI is InChI=1S/C30H35NO6S/c1-20-11-17-24(18-12-20)38(34,35)31-26(28(33)37-29(3,4)5)25-10-8-7-9-19-30(25,21(2)32)27(31)22-13-15-23(36-6)16-14-22/h7-9,11-19,25-27H,10H2,1-6H3/t25-,26+,27+,30+/m1/s1. The van der Waals surface area contributed by atoms with Gasteiger partial charge in [0.25, 0.3) is 0 Å². The summed E-state index contributed by atoms with van der Waals surface area (Å²) in [6, 6.07) is 11.3. The summed E-state index contributed by atoms with van der Waals surface area (Å²) < 4.78 is 41.3. The van der Waals surface area contributed by atoms with Crippen molar-refractivity contribution in [1.29, 1.82) is 0 Å². The Morgan fingerprint density at radius 1 is 1.00 bits per heavy atom. The SMILES string of the molecule is COc1ccc([C@@H]2N(S(=O)(=O)c3ccc(C)cc3)[C@H](C(=O)OC(C)(C)C)[C@H]3CC=CC=C[C@]32C(C)=O)cc1. The number of sulfonamides is 1. The lowest BCUT2D eigenvalue weighted by atomic mass is 9.66. The van der Waals surface area contributed by atoms with Gasteiger partial charge in [0.1, 0.15) is 23.2 Å². The van der Waals surface area contributed by atoms with Crippen LogP contribution in [0.3, 0.4) is 0 Å². The van der Waals surface area contributed by atoms with Gasteiger partial charge in [-0.1, -0.05) is 54.1 Å². The van der Waals surface area contributed by atoms with Crippen LogP contribution in [-0.2, 0) is 24.3 Å². The number of Topliss-reactive ketones (excluding diaryl/α,β-unsaturated/α-hetero) is 1. The van der Waals surface area contributed by atoms with Gasteiger partial charge in [0.05, 0.1) is 23.5 Å². The number of allylic oxidation sites excluding steroid dienone is 3. The first kappa shape index (κ1) is 27.8. The van der Waals surface area contributed by atoms with Gasteiger partial charge < -0.3 is 9.47 Å². The Hall–Kier alpha value is -3.23. The number of nitrogens with zero attached hydrogens (tertiary/aromatic N) is 1. The molecule has 1 heterocycles. The fourth-order valence-corrected chi connectivity index (χ4v) is 7.43. The van der Waals surface area contributed by atoms with Crippen LogP contribution in [0.1, 0.15) is 51.3 Å². The first-order chi connectivity index (χ1) is 17.8. The molecule has 38 heavy (non-hydrogen) atoms. The van der Waals surface area contributed by atoms with E-state index in [1.807, 2.05) is 19.1 Å². The zero-order chi connectivity index (χ0) is 27.9. The van der Waals surface area contributed by atoms with Crippen LogP contribution in [0.2, 0.25) is 0 Å². The van der Waals surface area contributed by atoms with Gasteiger partial charge in [0.15, 0.2) is 0 Å². The van der Waals surface area contributed by atoms with Crippen LogP contribution < -0.4 is 4.74 Å². The molecule has 0 aromatic heterocycles. The van der Waals surface area contributed by atoms with E-state index in [2.05, 4.69) is 0 Å². The third-order valence-corrected chi connectivity index (χ3v) is 9.13. The molecule has 202 valence electrons. The number of methoxy groups -OCH3 is 1. The van der Waals surface area contributed by atoms with Crippen molar-refractivity contribution < 1.29 is 27.5 Å². The first-order valence-electron chi connectivity index (χ1n) is 12.7. The second-order valence-corrected chi connectivity index (χ2v) is 12.8.